The summed E-state index contributed by atoms with van der Waals surface area (Å²) in [6.45, 7) is 0. The first-order valence-electron chi connectivity index (χ1n) is 11.4. The maximum absolute atomic E-state index is 13.8. The molecule has 0 saturated carbocycles. The zero-order valence-electron chi connectivity index (χ0n) is 19.5. The Kier molecular flexibility index (Phi) is 5.46. The second-order valence-corrected chi connectivity index (χ2v) is 9.62. The van der Waals surface area contributed by atoms with Crippen molar-refractivity contribution in [2.45, 2.75) is 6.04 Å². The van der Waals surface area contributed by atoms with Crippen molar-refractivity contribution in [1.82, 2.24) is 4.98 Å². The highest BCUT2D eigenvalue weighted by Crippen LogP contribution is 2.44. The van der Waals surface area contributed by atoms with Gasteiger partial charge in [0.2, 0.25) is 0 Å². The van der Waals surface area contributed by atoms with Crippen LogP contribution < -0.4 is 9.64 Å². The fourth-order valence-corrected chi connectivity index (χ4v) is 5.63. The van der Waals surface area contributed by atoms with E-state index in [1.807, 2.05) is 30.3 Å². The number of halogens is 1. The Labute approximate surface area is 214 Å². The number of amides is 1. The van der Waals surface area contributed by atoms with Crippen molar-refractivity contribution in [1.29, 1.82) is 0 Å². The molecule has 1 aliphatic heterocycles. The molecule has 0 bridgehead atoms. The van der Waals surface area contributed by atoms with E-state index < -0.39 is 23.5 Å². The van der Waals surface area contributed by atoms with E-state index in [0.29, 0.717) is 27.1 Å². The monoisotopic (exact) mass is 510 g/mol. The molecule has 5 aromatic rings. The Bertz CT molecular complexity index is 1740. The van der Waals surface area contributed by atoms with Gasteiger partial charge in [-0.15, -0.1) is 0 Å². The highest BCUT2D eigenvalue weighted by atomic mass is 32.1. The molecule has 1 N–H and O–H groups in total. The summed E-state index contributed by atoms with van der Waals surface area (Å²) in [5.74, 6) is -1.74. The third-order valence-electron chi connectivity index (χ3n) is 6.44. The Morgan fingerprint density at radius 1 is 0.973 bits per heavy atom. The molecule has 0 spiro atoms. The number of methoxy groups -OCH3 is 1. The molecule has 0 radical (unpaired) electrons. The predicted octanol–water partition coefficient (Wildman–Crippen LogP) is 6.22. The van der Waals surface area contributed by atoms with E-state index in [1.165, 1.54) is 23.1 Å². The molecule has 6 nitrogen and oxygen atoms in total. The molecule has 1 amide bonds. The lowest BCUT2D eigenvalue weighted by molar-refractivity contribution is -0.132. The van der Waals surface area contributed by atoms with Gasteiger partial charge in [0.1, 0.15) is 17.3 Å². The number of anilines is 1. The molecule has 37 heavy (non-hydrogen) atoms. The van der Waals surface area contributed by atoms with Crippen LogP contribution in [-0.4, -0.2) is 28.9 Å². The maximum Gasteiger partial charge on any atom is 0.301 e. The number of benzene rings is 4. The minimum atomic E-state index is -0.942. The van der Waals surface area contributed by atoms with Crippen LogP contribution in [0.4, 0.5) is 9.52 Å². The average Bonchev–Trinajstić information content (AvgIpc) is 3.45. The SMILES string of the molecule is COc1ccc(C2/C(=C(\O)c3ccc4ccccc4c3)C(=O)C(=O)N2c2nc3ccc(F)cc3s2)cc1. The number of nitrogens with zero attached hydrogens (tertiary/aromatic N) is 2. The van der Waals surface area contributed by atoms with Crippen molar-refractivity contribution < 1.29 is 23.8 Å². The Morgan fingerprint density at radius 3 is 2.49 bits per heavy atom. The van der Waals surface area contributed by atoms with Gasteiger partial charge in [-0.1, -0.05) is 59.9 Å². The molecule has 0 aliphatic carbocycles. The molecular formula is C29H19FN2O4S. The number of ketones is 1. The van der Waals surface area contributed by atoms with Gasteiger partial charge in [0.15, 0.2) is 5.13 Å². The predicted molar refractivity (Wildman–Crippen MR) is 141 cm³/mol. The number of thiazole rings is 1. The second kappa shape index (κ2) is 8.83. The zero-order chi connectivity index (χ0) is 25.7. The van der Waals surface area contributed by atoms with Gasteiger partial charge >= 0.3 is 5.91 Å². The quantitative estimate of drug-likeness (QED) is 0.176. The van der Waals surface area contributed by atoms with Crippen molar-refractivity contribution in [2.24, 2.45) is 0 Å². The van der Waals surface area contributed by atoms with Crippen LogP contribution in [0.25, 0.3) is 26.7 Å². The zero-order valence-corrected chi connectivity index (χ0v) is 20.3. The van der Waals surface area contributed by atoms with Gasteiger partial charge < -0.3 is 9.84 Å². The minimum absolute atomic E-state index is 0.0455. The summed E-state index contributed by atoms with van der Waals surface area (Å²) in [5.41, 5.74) is 1.47. The number of rotatable bonds is 4. The highest BCUT2D eigenvalue weighted by molar-refractivity contribution is 7.22. The van der Waals surface area contributed by atoms with Gasteiger partial charge in [-0.25, -0.2) is 9.37 Å². The summed E-state index contributed by atoms with van der Waals surface area (Å²) in [7, 11) is 1.54. The largest absolute Gasteiger partial charge is 0.507 e. The smallest absolute Gasteiger partial charge is 0.301 e. The molecule has 1 unspecified atom stereocenters. The summed E-state index contributed by atoms with van der Waals surface area (Å²) >= 11 is 1.10. The lowest BCUT2D eigenvalue weighted by atomic mass is 9.94. The van der Waals surface area contributed by atoms with Crippen LogP contribution in [0.2, 0.25) is 0 Å². The van der Waals surface area contributed by atoms with Gasteiger partial charge in [0.05, 0.1) is 28.9 Å². The van der Waals surface area contributed by atoms with Crippen molar-refractivity contribution in [3.63, 3.8) is 0 Å². The van der Waals surface area contributed by atoms with Crippen LogP contribution in [0.3, 0.4) is 0 Å². The van der Waals surface area contributed by atoms with Crippen LogP contribution in [0.1, 0.15) is 17.2 Å². The molecule has 1 atom stereocenters. The molecule has 1 saturated heterocycles. The molecular weight excluding hydrogens is 491 g/mol. The molecule has 4 aromatic carbocycles. The fraction of sp³-hybridized carbons (Fsp3) is 0.0690. The normalized spacial score (nSPS) is 17.1. The van der Waals surface area contributed by atoms with Gasteiger partial charge in [-0.05, 0) is 52.7 Å². The third kappa shape index (κ3) is 3.82. The van der Waals surface area contributed by atoms with Gasteiger partial charge in [0.25, 0.3) is 5.78 Å². The Balaban J connectivity index is 1.56. The number of fused-ring (bicyclic) bond motifs is 2. The summed E-state index contributed by atoms with van der Waals surface area (Å²) in [4.78, 5) is 32.6. The van der Waals surface area contributed by atoms with E-state index in [-0.39, 0.29) is 16.5 Å². The minimum Gasteiger partial charge on any atom is -0.507 e. The first kappa shape index (κ1) is 22.9. The van der Waals surface area contributed by atoms with E-state index in [2.05, 4.69) is 4.98 Å². The summed E-state index contributed by atoms with van der Waals surface area (Å²) in [5, 5.41) is 13.5. The molecule has 8 heteroatoms. The first-order valence-corrected chi connectivity index (χ1v) is 12.3. The number of ether oxygens (including phenoxy) is 1. The number of carbonyl (C=O) groups is 2. The summed E-state index contributed by atoms with van der Waals surface area (Å²) in [6, 6.07) is 23.2. The second-order valence-electron chi connectivity index (χ2n) is 8.61. The number of Topliss-reactive ketones (excluding diaryl/α,β-unsaturated/α-hetero) is 1. The molecule has 2 heterocycles. The Hall–Kier alpha value is -4.56. The summed E-state index contributed by atoms with van der Waals surface area (Å²) < 4.78 is 19.6. The number of carbonyl (C=O) groups excluding carboxylic acids is 2. The van der Waals surface area contributed by atoms with Gasteiger partial charge in [-0.2, -0.15) is 0 Å². The van der Waals surface area contributed by atoms with E-state index in [0.717, 1.165) is 22.1 Å². The maximum atomic E-state index is 13.8. The van der Waals surface area contributed by atoms with E-state index in [4.69, 9.17) is 4.74 Å². The number of hydrogen-bond acceptors (Lipinski definition) is 6. The number of aliphatic hydroxyl groups is 1. The van der Waals surface area contributed by atoms with Gasteiger partial charge in [-0.3, -0.25) is 14.5 Å². The Morgan fingerprint density at radius 2 is 1.73 bits per heavy atom. The molecule has 1 aromatic heterocycles. The molecule has 1 aliphatic rings. The van der Waals surface area contributed by atoms with Crippen LogP contribution in [0.5, 0.6) is 5.75 Å². The topological polar surface area (TPSA) is 79.7 Å². The van der Waals surface area contributed by atoms with Crippen LogP contribution in [-0.2, 0) is 9.59 Å². The van der Waals surface area contributed by atoms with Crippen LogP contribution in [0.15, 0.2) is 90.5 Å². The summed E-state index contributed by atoms with van der Waals surface area (Å²) in [6.07, 6.45) is 0. The van der Waals surface area contributed by atoms with Gasteiger partial charge in [0, 0.05) is 5.56 Å². The lowest BCUT2D eigenvalue weighted by Crippen LogP contribution is -2.29. The highest BCUT2D eigenvalue weighted by Gasteiger charge is 2.48. The van der Waals surface area contributed by atoms with Crippen LogP contribution in [0, 0.1) is 5.82 Å². The van der Waals surface area contributed by atoms with E-state index in [9.17, 15) is 19.1 Å². The fourth-order valence-electron chi connectivity index (χ4n) is 4.61. The average molecular weight is 511 g/mol. The van der Waals surface area contributed by atoms with E-state index >= 15 is 0 Å². The van der Waals surface area contributed by atoms with Crippen molar-refractivity contribution in [3.8, 4) is 5.75 Å². The standard InChI is InChI=1S/C29H19FN2O4S/c1-36-21-11-8-17(9-12-21)25-24(26(33)19-7-6-16-4-2-3-5-18(16)14-19)27(34)28(35)32(25)29-31-22-13-10-20(30)15-23(22)37-29/h2-15,25,33H,1H3/b26-24+. The molecule has 182 valence electrons. The number of aliphatic hydroxyl groups excluding tert-OH is 1. The van der Waals surface area contributed by atoms with Crippen molar-refractivity contribution in [3.05, 3.63) is 107 Å². The van der Waals surface area contributed by atoms with Crippen LogP contribution >= 0.6 is 11.3 Å². The van der Waals surface area contributed by atoms with Crippen molar-refractivity contribution >= 4 is 54.9 Å². The lowest BCUT2D eigenvalue weighted by Gasteiger charge is -2.23. The van der Waals surface area contributed by atoms with Crippen molar-refractivity contribution in [2.75, 3.05) is 12.0 Å². The molecule has 1 fully saturated rings. The third-order valence-corrected chi connectivity index (χ3v) is 7.46. The van der Waals surface area contributed by atoms with E-state index in [1.54, 1.807) is 43.5 Å². The number of aromatic nitrogens is 1. The first-order chi connectivity index (χ1) is 17.9. The number of hydrogen-bond donors (Lipinski definition) is 1. The molecule has 6 rings (SSSR count).